The van der Waals surface area contributed by atoms with E-state index < -0.39 is 0 Å². The van der Waals surface area contributed by atoms with Crippen molar-refractivity contribution >= 4 is 5.91 Å². The fourth-order valence-corrected chi connectivity index (χ4v) is 3.65. The maximum atomic E-state index is 12.0. The van der Waals surface area contributed by atoms with Gasteiger partial charge < -0.3 is 20.5 Å². The number of fused-ring (bicyclic) bond motifs is 1. The maximum absolute atomic E-state index is 12.0. The van der Waals surface area contributed by atoms with Crippen molar-refractivity contribution < 1.29 is 14.3 Å². The Hall–Kier alpha value is -0.650. The summed E-state index contributed by atoms with van der Waals surface area (Å²) in [6.07, 6.45) is 4.20. The first-order valence-electron chi connectivity index (χ1n) is 7.47. The second-order valence-corrected chi connectivity index (χ2v) is 6.08. The van der Waals surface area contributed by atoms with Crippen LogP contribution in [0.15, 0.2) is 0 Å². The summed E-state index contributed by atoms with van der Waals surface area (Å²) >= 11 is 0. The first kappa shape index (κ1) is 13.3. The molecule has 4 unspecified atom stereocenters. The molecule has 108 valence electrons. The molecule has 5 nitrogen and oxygen atoms in total. The van der Waals surface area contributed by atoms with Crippen LogP contribution in [-0.4, -0.2) is 43.4 Å². The van der Waals surface area contributed by atoms with Gasteiger partial charge in [-0.15, -0.1) is 0 Å². The molecule has 2 saturated carbocycles. The van der Waals surface area contributed by atoms with Crippen molar-refractivity contribution in [3.8, 4) is 0 Å². The summed E-state index contributed by atoms with van der Waals surface area (Å²) in [5.41, 5.74) is 6.08. The second kappa shape index (κ2) is 5.38. The van der Waals surface area contributed by atoms with E-state index in [2.05, 4.69) is 5.32 Å². The van der Waals surface area contributed by atoms with E-state index in [1.54, 1.807) is 0 Å². The van der Waals surface area contributed by atoms with Crippen molar-refractivity contribution in [2.45, 2.75) is 56.9 Å². The van der Waals surface area contributed by atoms with E-state index in [9.17, 15) is 4.79 Å². The Kier molecular flexibility index (Phi) is 3.78. The number of hydrogen-bond acceptors (Lipinski definition) is 4. The summed E-state index contributed by atoms with van der Waals surface area (Å²) in [5.74, 6) is 1.05. The number of amides is 1. The van der Waals surface area contributed by atoms with E-state index >= 15 is 0 Å². The maximum Gasteiger partial charge on any atom is 0.220 e. The quantitative estimate of drug-likeness (QED) is 0.758. The van der Waals surface area contributed by atoms with Gasteiger partial charge in [0.1, 0.15) is 0 Å². The first-order valence-corrected chi connectivity index (χ1v) is 7.47. The highest BCUT2D eigenvalue weighted by Crippen LogP contribution is 2.38. The summed E-state index contributed by atoms with van der Waals surface area (Å²) in [6.45, 7) is 3.56. The van der Waals surface area contributed by atoms with Gasteiger partial charge >= 0.3 is 0 Å². The van der Waals surface area contributed by atoms with Crippen molar-refractivity contribution in [3.05, 3.63) is 0 Å². The Balaban J connectivity index is 1.38. The third-order valence-corrected chi connectivity index (χ3v) is 4.84. The normalized spacial score (nSPS) is 44.1. The Morgan fingerprint density at radius 3 is 3.00 bits per heavy atom. The standard InChI is InChI=1S/C14H24N2O3/c1-2-18-9-5-8(6-9)7-11(17)16-13-12(15)10-3-4-19-14(10)13/h8-10,12-14H,2-7,15H2,1H3,(H,16,17). The van der Waals surface area contributed by atoms with E-state index in [0.717, 1.165) is 32.5 Å². The molecule has 3 fully saturated rings. The molecule has 0 aromatic heterocycles. The Labute approximate surface area is 114 Å². The predicted molar refractivity (Wildman–Crippen MR) is 70.5 cm³/mol. The monoisotopic (exact) mass is 268 g/mol. The Bertz CT molecular complexity index is 344. The smallest absolute Gasteiger partial charge is 0.220 e. The third-order valence-electron chi connectivity index (χ3n) is 4.84. The van der Waals surface area contributed by atoms with E-state index in [1.807, 2.05) is 6.92 Å². The molecule has 1 heterocycles. The van der Waals surface area contributed by atoms with Gasteiger partial charge in [-0.1, -0.05) is 0 Å². The van der Waals surface area contributed by atoms with Crippen LogP contribution < -0.4 is 11.1 Å². The SMILES string of the molecule is CCOC1CC(CC(=O)NC2C(N)C3CCOC32)C1. The van der Waals surface area contributed by atoms with Gasteiger partial charge in [0.05, 0.1) is 18.2 Å². The second-order valence-electron chi connectivity index (χ2n) is 6.08. The summed E-state index contributed by atoms with van der Waals surface area (Å²) in [5, 5.41) is 3.05. The minimum absolute atomic E-state index is 0.0303. The predicted octanol–water partition coefficient (Wildman–Crippen LogP) is 0.422. The molecule has 0 aromatic rings. The van der Waals surface area contributed by atoms with Gasteiger partial charge in [0.25, 0.3) is 0 Å². The van der Waals surface area contributed by atoms with Crippen molar-refractivity contribution in [1.29, 1.82) is 0 Å². The van der Waals surface area contributed by atoms with Crippen LogP contribution in [0.2, 0.25) is 0 Å². The molecule has 3 aliphatic rings. The van der Waals surface area contributed by atoms with Gasteiger partial charge in [0, 0.05) is 31.6 Å². The molecule has 19 heavy (non-hydrogen) atoms. The average molecular weight is 268 g/mol. The molecule has 0 radical (unpaired) electrons. The summed E-state index contributed by atoms with van der Waals surface area (Å²) < 4.78 is 11.1. The van der Waals surface area contributed by atoms with Crippen molar-refractivity contribution in [3.63, 3.8) is 0 Å². The van der Waals surface area contributed by atoms with E-state index in [-0.39, 0.29) is 24.1 Å². The largest absolute Gasteiger partial charge is 0.378 e. The van der Waals surface area contributed by atoms with Crippen LogP contribution >= 0.6 is 0 Å². The van der Waals surface area contributed by atoms with Gasteiger partial charge in [-0.05, 0) is 32.1 Å². The molecule has 2 aliphatic carbocycles. The van der Waals surface area contributed by atoms with Crippen LogP contribution in [0.25, 0.3) is 0 Å². The fraction of sp³-hybridized carbons (Fsp3) is 0.929. The van der Waals surface area contributed by atoms with Gasteiger partial charge in [-0.2, -0.15) is 0 Å². The van der Waals surface area contributed by atoms with Gasteiger partial charge in [-0.25, -0.2) is 0 Å². The molecule has 1 amide bonds. The molecule has 3 N–H and O–H groups in total. The molecule has 3 rings (SSSR count). The van der Waals surface area contributed by atoms with Crippen LogP contribution in [0.1, 0.15) is 32.6 Å². The van der Waals surface area contributed by atoms with E-state index in [1.165, 1.54) is 0 Å². The Morgan fingerprint density at radius 2 is 2.26 bits per heavy atom. The van der Waals surface area contributed by atoms with Crippen molar-refractivity contribution in [2.75, 3.05) is 13.2 Å². The molecule has 1 saturated heterocycles. The highest BCUT2D eigenvalue weighted by Gasteiger charge is 2.52. The molecule has 0 aromatic carbocycles. The van der Waals surface area contributed by atoms with E-state index in [4.69, 9.17) is 15.2 Å². The van der Waals surface area contributed by atoms with Crippen LogP contribution in [-0.2, 0) is 14.3 Å². The fourth-order valence-electron chi connectivity index (χ4n) is 3.65. The number of rotatable bonds is 5. The summed E-state index contributed by atoms with van der Waals surface area (Å²) in [6, 6.07) is 0.108. The lowest BCUT2D eigenvalue weighted by atomic mass is 9.72. The lowest BCUT2D eigenvalue weighted by Crippen LogP contribution is -2.69. The summed E-state index contributed by atoms with van der Waals surface area (Å²) in [4.78, 5) is 12.0. The first-order chi connectivity index (χ1) is 9.19. The zero-order valence-electron chi connectivity index (χ0n) is 11.5. The van der Waals surface area contributed by atoms with Gasteiger partial charge in [0.2, 0.25) is 5.91 Å². The molecular weight excluding hydrogens is 244 g/mol. The number of nitrogens with one attached hydrogen (secondary N) is 1. The van der Waals surface area contributed by atoms with Crippen molar-refractivity contribution in [1.82, 2.24) is 5.32 Å². The molecular formula is C14H24N2O3. The average Bonchev–Trinajstić information content (AvgIpc) is 2.78. The minimum atomic E-state index is 0.0303. The number of carbonyl (C=O) groups excluding carboxylic acids is 1. The van der Waals surface area contributed by atoms with Gasteiger partial charge in [-0.3, -0.25) is 4.79 Å². The Morgan fingerprint density at radius 1 is 1.47 bits per heavy atom. The zero-order chi connectivity index (χ0) is 13.4. The van der Waals surface area contributed by atoms with Gasteiger partial charge in [0.15, 0.2) is 0 Å². The number of nitrogens with two attached hydrogens (primary N) is 1. The highest BCUT2D eigenvalue weighted by molar-refractivity contribution is 5.77. The topological polar surface area (TPSA) is 73.6 Å². The lowest BCUT2D eigenvalue weighted by Gasteiger charge is -2.46. The minimum Gasteiger partial charge on any atom is -0.378 e. The van der Waals surface area contributed by atoms with Crippen LogP contribution in [0, 0.1) is 11.8 Å². The van der Waals surface area contributed by atoms with Crippen molar-refractivity contribution in [2.24, 2.45) is 17.6 Å². The van der Waals surface area contributed by atoms with Crippen LogP contribution in [0.3, 0.4) is 0 Å². The highest BCUT2D eigenvalue weighted by atomic mass is 16.5. The molecule has 5 heteroatoms. The molecule has 0 bridgehead atoms. The summed E-state index contributed by atoms with van der Waals surface area (Å²) in [7, 11) is 0. The zero-order valence-corrected chi connectivity index (χ0v) is 11.5. The number of hydrogen-bond donors (Lipinski definition) is 2. The molecule has 4 atom stereocenters. The van der Waals surface area contributed by atoms with Crippen LogP contribution in [0.5, 0.6) is 0 Å². The lowest BCUT2D eigenvalue weighted by molar-refractivity contribution is -0.128. The number of ether oxygens (including phenoxy) is 2. The molecule has 0 spiro atoms. The third kappa shape index (κ3) is 2.51. The molecule has 1 aliphatic heterocycles. The van der Waals surface area contributed by atoms with E-state index in [0.29, 0.717) is 24.4 Å². The number of carbonyl (C=O) groups is 1. The van der Waals surface area contributed by atoms with Crippen LogP contribution in [0.4, 0.5) is 0 Å².